The quantitative estimate of drug-likeness (QED) is 0.684. The van der Waals surface area contributed by atoms with Crippen LogP contribution in [0.2, 0.25) is 10.0 Å². The van der Waals surface area contributed by atoms with Crippen LogP contribution in [0.1, 0.15) is 33.1 Å². The first-order chi connectivity index (χ1) is 13.8. The van der Waals surface area contributed by atoms with Crippen molar-refractivity contribution < 1.29 is 19.1 Å². The molecule has 1 fully saturated rings. The second-order valence-corrected chi connectivity index (χ2v) is 7.37. The first kappa shape index (κ1) is 21.4. The predicted octanol–water partition coefficient (Wildman–Crippen LogP) is 2.23. The second kappa shape index (κ2) is 8.98. The van der Waals surface area contributed by atoms with Crippen LogP contribution in [0, 0.1) is 6.92 Å². The summed E-state index contributed by atoms with van der Waals surface area (Å²) in [7, 11) is 2.87. The van der Waals surface area contributed by atoms with E-state index < -0.39 is 5.97 Å². The molecular formula is C18H21Cl2N5O4. The lowest BCUT2D eigenvalue weighted by molar-refractivity contribution is 0.0538. The van der Waals surface area contributed by atoms with Gasteiger partial charge in [-0.3, -0.25) is 4.79 Å². The molecule has 1 aliphatic rings. The number of anilines is 1. The van der Waals surface area contributed by atoms with Crippen molar-refractivity contribution in [3.05, 3.63) is 39.3 Å². The number of nitrogens with one attached hydrogen (secondary N) is 2. The average molecular weight is 442 g/mol. The zero-order valence-corrected chi connectivity index (χ0v) is 17.7. The molecule has 2 aromatic rings. The molecule has 0 bridgehead atoms. The molecule has 1 aliphatic heterocycles. The molecule has 0 saturated carbocycles. The van der Waals surface area contributed by atoms with Crippen LogP contribution in [0.4, 0.5) is 5.82 Å². The van der Waals surface area contributed by atoms with Crippen molar-refractivity contribution in [2.75, 3.05) is 32.2 Å². The Morgan fingerprint density at radius 3 is 2.55 bits per heavy atom. The van der Waals surface area contributed by atoms with Crippen LogP contribution in [0.5, 0.6) is 0 Å². The van der Waals surface area contributed by atoms with Gasteiger partial charge in [0.15, 0.2) is 11.5 Å². The Balaban J connectivity index is 1.67. The van der Waals surface area contributed by atoms with E-state index in [-0.39, 0.29) is 34.5 Å². The Labute approximate surface area is 177 Å². The Kier molecular flexibility index (Phi) is 6.61. The van der Waals surface area contributed by atoms with Crippen LogP contribution in [0.15, 0.2) is 12.1 Å². The zero-order chi connectivity index (χ0) is 21.1. The van der Waals surface area contributed by atoms with Crippen molar-refractivity contribution in [1.29, 1.82) is 0 Å². The van der Waals surface area contributed by atoms with E-state index in [0.717, 1.165) is 0 Å². The Morgan fingerprint density at radius 1 is 1.24 bits per heavy atom. The van der Waals surface area contributed by atoms with E-state index in [1.807, 2.05) is 4.90 Å². The highest BCUT2D eigenvalue weighted by atomic mass is 35.5. The molecule has 156 valence electrons. The lowest BCUT2D eigenvalue weighted by atomic mass is 10.0. The van der Waals surface area contributed by atoms with Crippen LogP contribution in [0.3, 0.4) is 0 Å². The van der Waals surface area contributed by atoms with Crippen molar-refractivity contribution in [2.45, 2.75) is 25.5 Å². The van der Waals surface area contributed by atoms with Gasteiger partial charge in [0.05, 0.1) is 29.3 Å². The number of H-pyrrole nitrogens is 1. The largest absolute Gasteiger partial charge is 0.464 e. The molecule has 2 atom stereocenters. The number of esters is 1. The van der Waals surface area contributed by atoms with Gasteiger partial charge in [-0.1, -0.05) is 23.2 Å². The molecule has 29 heavy (non-hydrogen) atoms. The highest BCUT2D eigenvalue weighted by molar-refractivity contribution is 6.44. The van der Waals surface area contributed by atoms with Crippen LogP contribution >= 0.6 is 23.2 Å². The van der Waals surface area contributed by atoms with Gasteiger partial charge in [-0.15, -0.1) is 10.2 Å². The molecule has 3 heterocycles. The number of amides is 1. The van der Waals surface area contributed by atoms with Crippen molar-refractivity contribution in [3.8, 4) is 0 Å². The van der Waals surface area contributed by atoms with E-state index in [1.54, 1.807) is 26.2 Å². The molecule has 1 amide bonds. The Morgan fingerprint density at radius 2 is 2.00 bits per heavy atom. The number of hydrogen-bond acceptors (Lipinski definition) is 7. The average Bonchev–Trinajstić information content (AvgIpc) is 3.01. The van der Waals surface area contributed by atoms with Crippen LogP contribution in [0.25, 0.3) is 0 Å². The maximum absolute atomic E-state index is 12.6. The molecule has 0 aromatic carbocycles. The van der Waals surface area contributed by atoms with E-state index in [2.05, 4.69) is 25.2 Å². The van der Waals surface area contributed by atoms with Crippen LogP contribution in [-0.2, 0) is 9.47 Å². The standard InChI is InChI=1S/C18H21Cl2N5O4/c1-9-14(19)15(20)16(21-9)17(26)22-10-6-7-25(8-12(10)28-2)13-5-4-11(23-24-13)18(27)29-3/h4-5,10,12,21H,6-8H2,1-3H3,(H,22,26)/t10-,12+/m1/s1. The molecule has 9 nitrogen and oxygen atoms in total. The highest BCUT2D eigenvalue weighted by Crippen LogP contribution is 2.29. The number of aromatic amines is 1. The number of nitrogens with zero attached hydrogens (tertiary/aromatic N) is 3. The highest BCUT2D eigenvalue weighted by Gasteiger charge is 2.32. The summed E-state index contributed by atoms with van der Waals surface area (Å²) in [5, 5.41) is 11.5. The number of halogens is 2. The van der Waals surface area contributed by atoms with E-state index in [1.165, 1.54) is 7.11 Å². The van der Waals surface area contributed by atoms with Gasteiger partial charge in [0.1, 0.15) is 5.69 Å². The fraction of sp³-hybridized carbons (Fsp3) is 0.444. The summed E-state index contributed by atoms with van der Waals surface area (Å²) in [6.07, 6.45) is 0.343. The normalized spacial score (nSPS) is 19.1. The topological polar surface area (TPSA) is 109 Å². The number of aryl methyl sites for hydroxylation is 1. The summed E-state index contributed by atoms with van der Waals surface area (Å²) in [6.45, 7) is 2.86. The van der Waals surface area contributed by atoms with Gasteiger partial charge in [0.2, 0.25) is 0 Å². The SMILES string of the molecule is COC(=O)c1ccc(N2CC[C@@H](NC(=O)c3[nH]c(C)c(Cl)c3Cl)[C@@H](OC)C2)nn1. The lowest BCUT2D eigenvalue weighted by Gasteiger charge is -2.38. The molecule has 1 saturated heterocycles. The minimum atomic E-state index is -0.543. The fourth-order valence-corrected chi connectivity index (χ4v) is 3.62. The number of ether oxygens (including phenoxy) is 2. The molecule has 0 radical (unpaired) electrons. The van der Waals surface area contributed by atoms with Gasteiger partial charge in [0.25, 0.3) is 5.91 Å². The summed E-state index contributed by atoms with van der Waals surface area (Å²) >= 11 is 12.2. The van der Waals surface area contributed by atoms with Gasteiger partial charge >= 0.3 is 5.97 Å². The molecular weight excluding hydrogens is 421 g/mol. The number of carbonyl (C=O) groups is 2. The molecule has 11 heteroatoms. The van der Waals surface area contributed by atoms with Crippen molar-refractivity contribution in [3.63, 3.8) is 0 Å². The fourth-order valence-electron chi connectivity index (χ4n) is 3.20. The van der Waals surface area contributed by atoms with Crippen LogP contribution < -0.4 is 10.2 Å². The Bertz CT molecular complexity index is 902. The van der Waals surface area contributed by atoms with Gasteiger partial charge in [-0.25, -0.2) is 4.79 Å². The van der Waals surface area contributed by atoms with Gasteiger partial charge < -0.3 is 24.7 Å². The zero-order valence-electron chi connectivity index (χ0n) is 16.2. The van der Waals surface area contributed by atoms with Crippen molar-refractivity contribution in [1.82, 2.24) is 20.5 Å². The number of hydrogen-bond donors (Lipinski definition) is 2. The van der Waals surface area contributed by atoms with Crippen molar-refractivity contribution >= 4 is 40.9 Å². The predicted molar refractivity (Wildman–Crippen MR) is 108 cm³/mol. The Hall–Kier alpha value is -2.36. The van der Waals surface area contributed by atoms with E-state index >= 15 is 0 Å². The lowest BCUT2D eigenvalue weighted by Crippen LogP contribution is -2.55. The number of rotatable bonds is 5. The van der Waals surface area contributed by atoms with Crippen molar-refractivity contribution in [2.24, 2.45) is 0 Å². The first-order valence-corrected chi connectivity index (χ1v) is 9.65. The minimum absolute atomic E-state index is 0.137. The maximum Gasteiger partial charge on any atom is 0.358 e. The molecule has 0 unspecified atom stereocenters. The monoisotopic (exact) mass is 441 g/mol. The summed E-state index contributed by atoms with van der Waals surface area (Å²) in [4.78, 5) is 29.0. The molecule has 0 aliphatic carbocycles. The molecule has 2 aromatic heterocycles. The van der Waals surface area contributed by atoms with Gasteiger partial charge in [-0.2, -0.15) is 0 Å². The summed E-state index contributed by atoms with van der Waals surface area (Å²) < 4.78 is 10.2. The smallest absolute Gasteiger partial charge is 0.358 e. The third-order valence-corrected chi connectivity index (χ3v) is 5.78. The van der Waals surface area contributed by atoms with E-state index in [9.17, 15) is 9.59 Å². The first-order valence-electron chi connectivity index (χ1n) is 8.90. The number of piperidine rings is 1. The summed E-state index contributed by atoms with van der Waals surface area (Å²) in [5.41, 5.74) is 1.00. The molecule has 2 N–H and O–H groups in total. The summed E-state index contributed by atoms with van der Waals surface area (Å²) in [5.74, 6) is -0.273. The number of aromatic nitrogens is 3. The maximum atomic E-state index is 12.6. The van der Waals surface area contributed by atoms with E-state index in [0.29, 0.717) is 36.0 Å². The van der Waals surface area contributed by atoms with Gasteiger partial charge in [0, 0.05) is 25.9 Å². The molecule has 0 spiro atoms. The second-order valence-electron chi connectivity index (χ2n) is 6.61. The van der Waals surface area contributed by atoms with Crippen LogP contribution in [-0.4, -0.2) is 66.5 Å². The number of methoxy groups -OCH3 is 2. The number of carbonyl (C=O) groups excluding carboxylic acids is 2. The van der Waals surface area contributed by atoms with Gasteiger partial charge in [-0.05, 0) is 25.5 Å². The third-order valence-electron chi connectivity index (χ3n) is 4.83. The molecule has 3 rings (SSSR count). The summed E-state index contributed by atoms with van der Waals surface area (Å²) in [6, 6.07) is 3.04. The third kappa shape index (κ3) is 4.47. The minimum Gasteiger partial charge on any atom is -0.464 e. The van der Waals surface area contributed by atoms with E-state index in [4.69, 9.17) is 27.9 Å².